The number of halogens is 3. The fourth-order valence-corrected chi connectivity index (χ4v) is 1.91. The summed E-state index contributed by atoms with van der Waals surface area (Å²) in [5, 5.41) is 4.77. The fourth-order valence-electron chi connectivity index (χ4n) is 1.91. The van der Waals surface area contributed by atoms with E-state index in [1.54, 1.807) is 0 Å². The van der Waals surface area contributed by atoms with E-state index in [4.69, 9.17) is 0 Å². The van der Waals surface area contributed by atoms with Crippen LogP contribution in [0.25, 0.3) is 0 Å². The van der Waals surface area contributed by atoms with E-state index in [1.165, 1.54) is 37.3 Å². The summed E-state index contributed by atoms with van der Waals surface area (Å²) < 4.78 is 42.4. The number of anilines is 2. The van der Waals surface area contributed by atoms with E-state index in [0.29, 0.717) is 5.69 Å². The number of hydrogen-bond donors (Lipinski definition) is 2. The van der Waals surface area contributed by atoms with Gasteiger partial charge in [-0.3, -0.25) is 9.59 Å². The van der Waals surface area contributed by atoms with E-state index in [1.807, 2.05) is 0 Å². The Labute approximate surface area is 135 Å². The first-order chi connectivity index (χ1) is 11.3. The molecule has 0 radical (unpaired) electrons. The number of rotatable bonds is 5. The number of carbonyl (C=O) groups excluding carboxylic acids is 2. The van der Waals surface area contributed by atoms with Crippen molar-refractivity contribution in [3.05, 3.63) is 53.8 Å². The van der Waals surface area contributed by atoms with Gasteiger partial charge in [-0.15, -0.1) is 0 Å². The van der Waals surface area contributed by atoms with Crippen LogP contribution in [0.15, 0.2) is 42.5 Å². The third-order valence-corrected chi connectivity index (χ3v) is 2.86. The minimum Gasteiger partial charge on any atom is -0.435 e. The van der Waals surface area contributed by atoms with E-state index in [9.17, 15) is 22.8 Å². The molecule has 0 saturated heterocycles. The summed E-state index contributed by atoms with van der Waals surface area (Å²) in [4.78, 5) is 23.1. The van der Waals surface area contributed by atoms with Gasteiger partial charge in [0.1, 0.15) is 11.6 Å². The van der Waals surface area contributed by atoms with Crippen molar-refractivity contribution >= 4 is 23.2 Å². The van der Waals surface area contributed by atoms with Crippen LogP contribution >= 0.6 is 0 Å². The van der Waals surface area contributed by atoms with Gasteiger partial charge in [0.2, 0.25) is 5.91 Å². The molecule has 2 amide bonds. The van der Waals surface area contributed by atoms with Gasteiger partial charge >= 0.3 is 6.61 Å². The normalized spacial score (nSPS) is 10.4. The average Bonchev–Trinajstić information content (AvgIpc) is 2.49. The van der Waals surface area contributed by atoms with Crippen molar-refractivity contribution in [2.24, 2.45) is 0 Å². The Morgan fingerprint density at radius 2 is 1.83 bits per heavy atom. The quantitative estimate of drug-likeness (QED) is 0.875. The van der Waals surface area contributed by atoms with Crippen molar-refractivity contribution in [3.63, 3.8) is 0 Å². The number of ether oxygens (including phenoxy) is 1. The summed E-state index contributed by atoms with van der Waals surface area (Å²) in [6, 6.07) is 8.76. The van der Waals surface area contributed by atoms with Crippen molar-refractivity contribution in [2.45, 2.75) is 13.5 Å². The molecule has 0 bridgehead atoms. The van der Waals surface area contributed by atoms with Crippen LogP contribution in [0.3, 0.4) is 0 Å². The third-order valence-electron chi connectivity index (χ3n) is 2.86. The molecular weight excluding hydrogens is 325 g/mol. The largest absolute Gasteiger partial charge is 0.435 e. The van der Waals surface area contributed by atoms with E-state index < -0.39 is 18.3 Å². The van der Waals surface area contributed by atoms with Crippen LogP contribution in [0, 0.1) is 5.82 Å². The Morgan fingerprint density at radius 3 is 2.50 bits per heavy atom. The first-order valence-electron chi connectivity index (χ1n) is 6.78. The second-order valence-electron chi connectivity index (χ2n) is 4.74. The van der Waals surface area contributed by atoms with Gasteiger partial charge in [-0.2, -0.15) is 8.78 Å². The molecule has 2 N–H and O–H groups in total. The summed E-state index contributed by atoms with van der Waals surface area (Å²) in [7, 11) is 0. The van der Waals surface area contributed by atoms with Crippen molar-refractivity contribution < 1.29 is 27.5 Å². The third kappa shape index (κ3) is 4.73. The molecule has 2 rings (SSSR count). The molecule has 0 saturated carbocycles. The van der Waals surface area contributed by atoms with Gasteiger partial charge in [-0.25, -0.2) is 4.39 Å². The number of benzene rings is 2. The van der Waals surface area contributed by atoms with Gasteiger partial charge in [0.25, 0.3) is 5.91 Å². The molecule has 126 valence electrons. The van der Waals surface area contributed by atoms with E-state index in [2.05, 4.69) is 15.4 Å². The Bertz CT molecular complexity index is 766. The van der Waals surface area contributed by atoms with Crippen molar-refractivity contribution in [1.29, 1.82) is 0 Å². The highest BCUT2D eigenvalue weighted by molar-refractivity contribution is 6.05. The van der Waals surface area contributed by atoms with Gasteiger partial charge in [0.15, 0.2) is 0 Å². The van der Waals surface area contributed by atoms with E-state index in [0.717, 1.165) is 12.1 Å². The number of carbonyl (C=O) groups is 2. The summed E-state index contributed by atoms with van der Waals surface area (Å²) in [6.07, 6.45) is 0. The zero-order valence-corrected chi connectivity index (χ0v) is 12.5. The van der Waals surface area contributed by atoms with Crippen molar-refractivity contribution in [3.8, 4) is 5.75 Å². The van der Waals surface area contributed by atoms with Crippen molar-refractivity contribution in [1.82, 2.24) is 0 Å². The molecule has 0 unspecified atom stereocenters. The molecule has 0 aliphatic rings. The zero-order valence-electron chi connectivity index (χ0n) is 12.5. The van der Waals surface area contributed by atoms with Crippen molar-refractivity contribution in [2.75, 3.05) is 10.6 Å². The highest BCUT2D eigenvalue weighted by Crippen LogP contribution is 2.22. The van der Waals surface area contributed by atoms with Gasteiger partial charge in [-0.05, 0) is 36.4 Å². The lowest BCUT2D eigenvalue weighted by Gasteiger charge is -2.10. The van der Waals surface area contributed by atoms with Crippen LogP contribution in [0.1, 0.15) is 17.3 Å². The summed E-state index contributed by atoms with van der Waals surface area (Å²) in [6.45, 7) is -1.73. The molecule has 2 aromatic carbocycles. The molecular formula is C16H13F3N2O3. The monoisotopic (exact) mass is 338 g/mol. The molecule has 8 heteroatoms. The summed E-state index contributed by atoms with van der Waals surface area (Å²) in [5.74, 6) is -1.97. The predicted octanol–water partition coefficient (Wildman–Crippen LogP) is 3.64. The summed E-state index contributed by atoms with van der Waals surface area (Å²) >= 11 is 0. The highest BCUT2D eigenvalue weighted by atomic mass is 19.3. The van der Waals surface area contributed by atoms with Gasteiger partial charge in [-0.1, -0.05) is 6.07 Å². The molecule has 0 aromatic heterocycles. The maximum atomic E-state index is 13.8. The molecule has 0 fully saturated rings. The second kappa shape index (κ2) is 7.49. The maximum absolute atomic E-state index is 13.8. The average molecular weight is 338 g/mol. The SMILES string of the molecule is CC(=O)Nc1ccc(F)c(NC(=O)c2cccc(OC(F)F)c2)c1. The Balaban J connectivity index is 2.18. The molecule has 0 spiro atoms. The molecule has 2 aromatic rings. The van der Waals surface area contributed by atoms with Gasteiger partial charge < -0.3 is 15.4 Å². The van der Waals surface area contributed by atoms with Gasteiger partial charge in [0.05, 0.1) is 5.69 Å². The van der Waals surface area contributed by atoms with Crippen LogP contribution in [-0.2, 0) is 4.79 Å². The lowest BCUT2D eigenvalue weighted by Crippen LogP contribution is -2.14. The maximum Gasteiger partial charge on any atom is 0.387 e. The highest BCUT2D eigenvalue weighted by Gasteiger charge is 2.12. The Morgan fingerprint density at radius 1 is 1.08 bits per heavy atom. The lowest BCUT2D eigenvalue weighted by molar-refractivity contribution is -0.114. The molecule has 5 nitrogen and oxygen atoms in total. The lowest BCUT2D eigenvalue weighted by atomic mass is 10.2. The van der Waals surface area contributed by atoms with Crippen LogP contribution < -0.4 is 15.4 Å². The van der Waals surface area contributed by atoms with Crippen LogP contribution in [0.5, 0.6) is 5.75 Å². The minimum atomic E-state index is -3.02. The van der Waals surface area contributed by atoms with Crippen LogP contribution in [-0.4, -0.2) is 18.4 Å². The molecule has 0 aliphatic carbocycles. The first kappa shape index (κ1) is 17.3. The molecule has 24 heavy (non-hydrogen) atoms. The predicted molar refractivity (Wildman–Crippen MR) is 81.7 cm³/mol. The van der Waals surface area contributed by atoms with Crippen LogP contribution in [0.2, 0.25) is 0 Å². The zero-order chi connectivity index (χ0) is 17.7. The summed E-state index contributed by atoms with van der Waals surface area (Å²) in [5.41, 5.74) is 0.151. The standard InChI is InChI=1S/C16H13F3N2O3/c1-9(22)20-11-5-6-13(17)14(8-11)21-15(23)10-3-2-4-12(7-10)24-16(18)19/h2-8,16H,1H3,(H,20,22)(H,21,23). The fraction of sp³-hybridized carbons (Fsp3) is 0.125. The number of hydrogen-bond acceptors (Lipinski definition) is 3. The Kier molecular flexibility index (Phi) is 5.41. The smallest absolute Gasteiger partial charge is 0.387 e. The molecule has 0 aliphatic heterocycles. The number of amides is 2. The molecule has 0 atom stereocenters. The minimum absolute atomic E-state index is 0.0116. The topological polar surface area (TPSA) is 67.4 Å². The van der Waals surface area contributed by atoms with E-state index >= 15 is 0 Å². The van der Waals surface area contributed by atoms with Crippen LogP contribution in [0.4, 0.5) is 24.5 Å². The van der Waals surface area contributed by atoms with E-state index in [-0.39, 0.29) is 22.9 Å². The molecule has 0 heterocycles. The number of nitrogens with one attached hydrogen (secondary N) is 2. The number of alkyl halides is 2. The van der Waals surface area contributed by atoms with Gasteiger partial charge in [0, 0.05) is 18.2 Å². The first-order valence-corrected chi connectivity index (χ1v) is 6.78. The Hall–Kier alpha value is -3.03. The second-order valence-corrected chi connectivity index (χ2v) is 4.74.